The fraction of sp³-hybridized carbons (Fsp3) is 0.125. The molecule has 0 saturated heterocycles. The molecule has 0 fully saturated rings. The molecule has 16 heavy (non-hydrogen) atoms. The van der Waals surface area contributed by atoms with Crippen LogP contribution in [0.4, 0.5) is 5.82 Å². The first-order valence-corrected chi connectivity index (χ1v) is 6.58. The van der Waals surface area contributed by atoms with Gasteiger partial charge in [0.05, 0.1) is 21.6 Å². The molecule has 0 N–H and O–H groups in total. The zero-order valence-corrected chi connectivity index (χ0v) is 11.7. The molecule has 5 nitrogen and oxygen atoms in total. The Morgan fingerprint density at radius 3 is 2.75 bits per heavy atom. The third kappa shape index (κ3) is 2.50. The van der Waals surface area contributed by atoms with Gasteiger partial charge in [-0.1, -0.05) is 0 Å². The molecule has 2 heterocycles. The number of nitro groups is 1. The molecule has 8 heteroatoms. The Kier molecular flexibility index (Phi) is 3.41. The predicted molar refractivity (Wildman–Crippen MR) is 67.7 cm³/mol. The summed E-state index contributed by atoms with van der Waals surface area (Å²) in [6, 6.07) is 3.89. The first kappa shape index (κ1) is 11.7. The SMILES string of the molecule is O=[N+]([O-])c1nn(Cc2ccc(Br)s2)cc1Br. The highest BCUT2D eigenvalue weighted by atomic mass is 79.9. The fourth-order valence-corrected chi connectivity index (χ4v) is 3.12. The van der Waals surface area contributed by atoms with E-state index in [1.165, 1.54) is 0 Å². The van der Waals surface area contributed by atoms with Gasteiger partial charge in [0.15, 0.2) is 0 Å². The average molecular weight is 367 g/mol. The fourth-order valence-electron chi connectivity index (χ4n) is 1.19. The van der Waals surface area contributed by atoms with Gasteiger partial charge in [-0.05, 0) is 48.9 Å². The van der Waals surface area contributed by atoms with Crippen molar-refractivity contribution in [2.24, 2.45) is 0 Å². The largest absolute Gasteiger partial charge is 0.404 e. The molecule has 0 aromatic carbocycles. The summed E-state index contributed by atoms with van der Waals surface area (Å²) in [5.74, 6) is -0.157. The second-order valence-corrected chi connectivity index (χ2v) is 6.36. The molecule has 2 aromatic rings. The van der Waals surface area contributed by atoms with Crippen LogP contribution >= 0.6 is 43.2 Å². The number of halogens is 2. The van der Waals surface area contributed by atoms with Crippen molar-refractivity contribution in [3.05, 3.63) is 41.6 Å². The van der Waals surface area contributed by atoms with Crippen molar-refractivity contribution in [1.82, 2.24) is 9.78 Å². The van der Waals surface area contributed by atoms with Crippen LogP contribution < -0.4 is 0 Å². The lowest BCUT2D eigenvalue weighted by molar-refractivity contribution is -0.390. The Morgan fingerprint density at radius 2 is 2.25 bits per heavy atom. The van der Waals surface area contributed by atoms with Crippen LogP contribution in [0.1, 0.15) is 4.88 Å². The smallest absolute Gasteiger partial charge is 0.358 e. The van der Waals surface area contributed by atoms with Gasteiger partial charge in [0, 0.05) is 4.88 Å². The summed E-state index contributed by atoms with van der Waals surface area (Å²) in [6.07, 6.45) is 1.60. The molecule has 0 aliphatic carbocycles. The molecular formula is C8H5Br2N3O2S. The van der Waals surface area contributed by atoms with Crippen LogP contribution in [-0.4, -0.2) is 14.7 Å². The highest BCUT2D eigenvalue weighted by Crippen LogP contribution is 2.25. The molecule has 0 atom stereocenters. The van der Waals surface area contributed by atoms with Crippen LogP contribution in [0.2, 0.25) is 0 Å². The maximum atomic E-state index is 10.6. The summed E-state index contributed by atoms with van der Waals surface area (Å²) in [5, 5.41) is 14.5. The predicted octanol–water partition coefficient (Wildman–Crippen LogP) is 3.43. The van der Waals surface area contributed by atoms with Gasteiger partial charge in [0.2, 0.25) is 0 Å². The van der Waals surface area contributed by atoms with E-state index in [0.717, 1.165) is 8.66 Å². The van der Waals surface area contributed by atoms with Crippen molar-refractivity contribution >= 4 is 49.0 Å². The maximum Gasteiger partial charge on any atom is 0.404 e. The summed E-state index contributed by atoms with van der Waals surface area (Å²) in [6.45, 7) is 0.530. The van der Waals surface area contributed by atoms with Gasteiger partial charge in [0.25, 0.3) is 0 Å². The van der Waals surface area contributed by atoms with Crippen molar-refractivity contribution in [2.75, 3.05) is 0 Å². The first-order chi connectivity index (χ1) is 7.56. The number of nitrogens with zero attached hydrogens (tertiary/aromatic N) is 3. The van der Waals surface area contributed by atoms with Gasteiger partial charge in [-0.3, -0.25) is 0 Å². The molecule has 84 valence electrons. The Morgan fingerprint density at radius 1 is 1.50 bits per heavy atom. The van der Waals surface area contributed by atoms with E-state index in [1.807, 2.05) is 12.1 Å². The summed E-state index contributed by atoms with van der Waals surface area (Å²) < 4.78 is 2.97. The summed E-state index contributed by atoms with van der Waals surface area (Å²) in [5.41, 5.74) is 0. The molecule has 0 unspecified atom stereocenters. The van der Waals surface area contributed by atoms with Gasteiger partial charge in [0.1, 0.15) is 4.47 Å². The molecule has 0 bridgehead atoms. The Labute approximate surface area is 111 Å². The lowest BCUT2D eigenvalue weighted by Gasteiger charge is -1.91. The summed E-state index contributed by atoms with van der Waals surface area (Å²) >= 11 is 8.04. The van der Waals surface area contributed by atoms with Crippen molar-refractivity contribution in [2.45, 2.75) is 6.54 Å². The van der Waals surface area contributed by atoms with Gasteiger partial charge < -0.3 is 10.1 Å². The standard InChI is InChI=1S/C8H5Br2N3O2S/c9-6-4-12(11-8(6)13(14)15)3-5-1-2-7(10)16-5/h1-2,4H,3H2. The Hall–Kier alpha value is -0.730. The molecule has 2 aromatic heterocycles. The van der Waals surface area contributed by atoms with Crippen LogP contribution in [0.3, 0.4) is 0 Å². The van der Waals surface area contributed by atoms with E-state index in [2.05, 4.69) is 37.0 Å². The van der Waals surface area contributed by atoms with E-state index in [4.69, 9.17) is 0 Å². The molecule has 0 aliphatic rings. The molecule has 0 saturated carbocycles. The third-order valence-corrected chi connectivity index (χ3v) is 3.99. The van der Waals surface area contributed by atoms with E-state index in [1.54, 1.807) is 22.2 Å². The normalized spacial score (nSPS) is 10.6. The number of rotatable bonds is 3. The van der Waals surface area contributed by atoms with Gasteiger partial charge in [-0.25, -0.2) is 0 Å². The van der Waals surface area contributed by atoms with E-state index in [9.17, 15) is 10.1 Å². The van der Waals surface area contributed by atoms with Crippen molar-refractivity contribution < 1.29 is 4.92 Å². The molecule has 0 radical (unpaired) electrons. The number of aromatic nitrogens is 2. The maximum absolute atomic E-state index is 10.6. The van der Waals surface area contributed by atoms with Crippen LogP contribution in [0, 0.1) is 10.1 Å². The molecule has 0 spiro atoms. The lowest BCUT2D eigenvalue weighted by Crippen LogP contribution is -1.99. The first-order valence-electron chi connectivity index (χ1n) is 4.18. The van der Waals surface area contributed by atoms with Crippen molar-refractivity contribution in [1.29, 1.82) is 0 Å². The molecular weight excluding hydrogens is 362 g/mol. The molecule has 0 amide bonds. The number of thiophene rings is 1. The Bertz CT molecular complexity index is 537. The van der Waals surface area contributed by atoms with E-state index >= 15 is 0 Å². The van der Waals surface area contributed by atoms with E-state index in [-0.39, 0.29) is 5.82 Å². The van der Waals surface area contributed by atoms with Crippen LogP contribution in [0.5, 0.6) is 0 Å². The van der Waals surface area contributed by atoms with E-state index < -0.39 is 4.92 Å². The zero-order valence-electron chi connectivity index (χ0n) is 7.76. The topological polar surface area (TPSA) is 61.0 Å². The minimum atomic E-state index is -0.509. The second-order valence-electron chi connectivity index (χ2n) is 2.96. The Balaban J connectivity index is 2.22. The van der Waals surface area contributed by atoms with Crippen molar-refractivity contribution in [3.63, 3.8) is 0 Å². The summed E-state index contributed by atoms with van der Waals surface area (Å²) in [4.78, 5) is 11.2. The highest BCUT2D eigenvalue weighted by Gasteiger charge is 2.18. The van der Waals surface area contributed by atoms with Crippen LogP contribution in [0.15, 0.2) is 26.6 Å². The zero-order chi connectivity index (χ0) is 11.7. The average Bonchev–Trinajstić information content (AvgIpc) is 2.73. The summed E-state index contributed by atoms with van der Waals surface area (Å²) in [7, 11) is 0. The van der Waals surface area contributed by atoms with E-state index in [0.29, 0.717) is 11.0 Å². The van der Waals surface area contributed by atoms with Crippen LogP contribution in [0.25, 0.3) is 0 Å². The second kappa shape index (κ2) is 4.64. The number of hydrogen-bond acceptors (Lipinski definition) is 4. The molecule has 0 aliphatic heterocycles. The number of hydrogen-bond donors (Lipinski definition) is 0. The van der Waals surface area contributed by atoms with Gasteiger partial charge >= 0.3 is 5.82 Å². The monoisotopic (exact) mass is 365 g/mol. The van der Waals surface area contributed by atoms with Gasteiger partial charge in [-0.2, -0.15) is 4.68 Å². The third-order valence-electron chi connectivity index (χ3n) is 1.82. The quantitative estimate of drug-likeness (QED) is 0.617. The van der Waals surface area contributed by atoms with Crippen molar-refractivity contribution in [3.8, 4) is 0 Å². The minimum absolute atomic E-state index is 0.157. The highest BCUT2D eigenvalue weighted by molar-refractivity contribution is 9.11. The lowest BCUT2D eigenvalue weighted by atomic mass is 10.5. The minimum Gasteiger partial charge on any atom is -0.358 e. The molecule has 2 rings (SSSR count). The van der Waals surface area contributed by atoms with Gasteiger partial charge in [-0.15, -0.1) is 11.3 Å². The van der Waals surface area contributed by atoms with Crippen LogP contribution in [-0.2, 0) is 6.54 Å².